The van der Waals surface area contributed by atoms with Crippen molar-refractivity contribution in [3.63, 3.8) is 0 Å². The number of pyridine rings is 1. The molecule has 0 radical (unpaired) electrons. The van der Waals surface area contributed by atoms with Crippen molar-refractivity contribution in [3.8, 4) is 5.88 Å². The minimum atomic E-state index is -0.171. The van der Waals surface area contributed by atoms with E-state index in [1.807, 2.05) is 36.4 Å². The number of aliphatic hydroxyl groups excluding tert-OH is 1. The zero-order chi connectivity index (χ0) is 19.1. The Bertz CT molecular complexity index is 1130. The van der Waals surface area contributed by atoms with E-state index in [1.165, 1.54) is 0 Å². The molecule has 3 aromatic heterocycles. The van der Waals surface area contributed by atoms with Gasteiger partial charge in [-0.15, -0.1) is 5.10 Å². The number of hydrogen-bond acceptors (Lipinski definition) is 6. The van der Waals surface area contributed by atoms with E-state index in [9.17, 15) is 10.2 Å². The van der Waals surface area contributed by atoms with Crippen molar-refractivity contribution < 1.29 is 10.2 Å². The van der Waals surface area contributed by atoms with Gasteiger partial charge in [-0.25, -0.2) is 0 Å². The molecule has 5 N–H and O–H groups in total. The SMILES string of the molecule is Oc1[nH]cc2cc(Nc3nc4cccc(NC5CCC(O)CC5)n4n3)ccc12. The number of nitrogens with one attached hydrogen (secondary N) is 3. The molecule has 1 aliphatic carbocycles. The highest BCUT2D eigenvalue weighted by molar-refractivity contribution is 5.90. The Morgan fingerprint density at radius 3 is 2.82 bits per heavy atom. The molecule has 4 aromatic rings. The highest BCUT2D eigenvalue weighted by Crippen LogP contribution is 2.28. The molecule has 0 amide bonds. The van der Waals surface area contributed by atoms with E-state index in [0.29, 0.717) is 12.0 Å². The Kier molecular flexibility index (Phi) is 4.05. The fourth-order valence-electron chi connectivity index (χ4n) is 3.83. The summed E-state index contributed by atoms with van der Waals surface area (Å²) in [5, 5.41) is 32.5. The number of hydrogen-bond donors (Lipinski definition) is 5. The summed E-state index contributed by atoms with van der Waals surface area (Å²) in [6.07, 6.45) is 5.14. The van der Waals surface area contributed by atoms with Gasteiger partial charge in [0.05, 0.1) is 6.10 Å². The molecule has 144 valence electrons. The van der Waals surface area contributed by atoms with Gasteiger partial charge < -0.3 is 25.8 Å². The molecule has 0 atom stereocenters. The maximum absolute atomic E-state index is 9.74. The van der Waals surface area contributed by atoms with Crippen LogP contribution in [0.4, 0.5) is 17.5 Å². The standard InChI is InChI=1S/C20H22N6O2/c27-15-7-4-13(5-8-15)22-17-2-1-3-18-24-20(25-26(17)18)23-14-6-9-16-12(10-14)11-21-19(16)28/h1-3,6,9-11,13,15,21-22,27-28H,4-5,7-8H2,(H,23,25). The smallest absolute Gasteiger partial charge is 0.247 e. The Morgan fingerprint density at radius 2 is 1.96 bits per heavy atom. The van der Waals surface area contributed by atoms with Crippen molar-refractivity contribution in [3.05, 3.63) is 42.6 Å². The van der Waals surface area contributed by atoms with Gasteiger partial charge >= 0.3 is 0 Å². The van der Waals surface area contributed by atoms with Crippen molar-refractivity contribution in [1.29, 1.82) is 0 Å². The van der Waals surface area contributed by atoms with E-state index in [0.717, 1.165) is 53.6 Å². The first-order valence-electron chi connectivity index (χ1n) is 9.53. The second-order valence-electron chi connectivity index (χ2n) is 7.33. The summed E-state index contributed by atoms with van der Waals surface area (Å²) < 4.78 is 1.80. The molecule has 1 aliphatic rings. The number of aromatic nitrogens is 4. The number of aromatic hydroxyl groups is 1. The minimum absolute atomic E-state index is 0.165. The van der Waals surface area contributed by atoms with Gasteiger partial charge in [0.25, 0.3) is 0 Å². The predicted molar refractivity (Wildman–Crippen MR) is 108 cm³/mol. The van der Waals surface area contributed by atoms with Crippen molar-refractivity contribution in [2.24, 2.45) is 0 Å². The number of H-pyrrole nitrogens is 1. The first-order valence-corrected chi connectivity index (χ1v) is 9.53. The molecule has 0 aliphatic heterocycles. The first kappa shape index (κ1) is 16.9. The van der Waals surface area contributed by atoms with Crippen LogP contribution in [-0.4, -0.2) is 41.9 Å². The van der Waals surface area contributed by atoms with Gasteiger partial charge in [-0.2, -0.15) is 9.50 Å². The number of benzene rings is 1. The largest absolute Gasteiger partial charge is 0.494 e. The first-order chi connectivity index (χ1) is 13.7. The zero-order valence-corrected chi connectivity index (χ0v) is 15.3. The Balaban J connectivity index is 1.39. The molecular weight excluding hydrogens is 356 g/mol. The van der Waals surface area contributed by atoms with Gasteiger partial charge in [-0.1, -0.05) is 6.07 Å². The van der Waals surface area contributed by atoms with E-state index in [1.54, 1.807) is 10.7 Å². The third-order valence-electron chi connectivity index (χ3n) is 5.34. The highest BCUT2D eigenvalue weighted by Gasteiger charge is 2.20. The van der Waals surface area contributed by atoms with Gasteiger partial charge in [-0.3, -0.25) is 0 Å². The second kappa shape index (κ2) is 6.72. The normalized spacial score (nSPS) is 19.9. The second-order valence-corrected chi connectivity index (χ2v) is 7.33. The van der Waals surface area contributed by atoms with E-state index in [-0.39, 0.29) is 12.0 Å². The van der Waals surface area contributed by atoms with Crippen LogP contribution >= 0.6 is 0 Å². The molecule has 0 saturated heterocycles. The minimum Gasteiger partial charge on any atom is -0.494 e. The summed E-state index contributed by atoms with van der Waals surface area (Å²) in [7, 11) is 0. The summed E-state index contributed by atoms with van der Waals surface area (Å²) in [5.74, 6) is 1.57. The van der Waals surface area contributed by atoms with Crippen molar-refractivity contribution >= 4 is 33.9 Å². The van der Waals surface area contributed by atoms with Crippen LogP contribution in [0.1, 0.15) is 25.7 Å². The molecule has 0 unspecified atom stereocenters. The lowest BCUT2D eigenvalue weighted by Crippen LogP contribution is -2.29. The third kappa shape index (κ3) is 3.11. The van der Waals surface area contributed by atoms with Crippen LogP contribution in [0.25, 0.3) is 16.4 Å². The number of anilines is 3. The third-order valence-corrected chi connectivity index (χ3v) is 5.34. The predicted octanol–water partition coefficient (Wildman–Crippen LogP) is 3.38. The lowest BCUT2D eigenvalue weighted by molar-refractivity contribution is 0.126. The molecule has 1 fully saturated rings. The summed E-state index contributed by atoms with van der Waals surface area (Å²) in [6, 6.07) is 11.9. The molecule has 3 heterocycles. The van der Waals surface area contributed by atoms with E-state index >= 15 is 0 Å². The maximum Gasteiger partial charge on any atom is 0.247 e. The molecular formula is C20H22N6O2. The fraction of sp³-hybridized carbons (Fsp3) is 0.300. The molecule has 1 aromatic carbocycles. The van der Waals surface area contributed by atoms with Crippen LogP contribution < -0.4 is 10.6 Å². The molecule has 28 heavy (non-hydrogen) atoms. The van der Waals surface area contributed by atoms with Crippen molar-refractivity contribution in [1.82, 2.24) is 19.6 Å². The number of nitrogens with zero attached hydrogens (tertiary/aromatic N) is 3. The van der Waals surface area contributed by atoms with Crippen molar-refractivity contribution in [2.75, 3.05) is 10.6 Å². The average molecular weight is 378 g/mol. The monoisotopic (exact) mass is 378 g/mol. The number of fused-ring (bicyclic) bond motifs is 2. The molecule has 1 saturated carbocycles. The Hall–Kier alpha value is -3.26. The van der Waals surface area contributed by atoms with Crippen LogP contribution in [0.5, 0.6) is 5.88 Å². The number of aliphatic hydroxyl groups is 1. The number of rotatable bonds is 4. The van der Waals surface area contributed by atoms with Crippen LogP contribution in [0.3, 0.4) is 0 Å². The number of aromatic amines is 1. The Labute approximate surface area is 161 Å². The molecule has 8 nitrogen and oxygen atoms in total. The maximum atomic E-state index is 9.74. The zero-order valence-electron chi connectivity index (χ0n) is 15.3. The highest BCUT2D eigenvalue weighted by atomic mass is 16.3. The van der Waals surface area contributed by atoms with Crippen LogP contribution in [-0.2, 0) is 0 Å². The fourth-order valence-corrected chi connectivity index (χ4v) is 3.83. The summed E-state index contributed by atoms with van der Waals surface area (Å²) in [6.45, 7) is 0. The van der Waals surface area contributed by atoms with Crippen LogP contribution in [0.15, 0.2) is 42.6 Å². The van der Waals surface area contributed by atoms with Gasteiger partial charge in [0, 0.05) is 28.7 Å². The molecule has 0 bridgehead atoms. The lowest BCUT2D eigenvalue weighted by Gasteiger charge is -2.26. The molecule has 5 rings (SSSR count). The van der Waals surface area contributed by atoms with Gasteiger partial charge in [0.1, 0.15) is 5.82 Å². The van der Waals surface area contributed by atoms with E-state index < -0.39 is 0 Å². The summed E-state index contributed by atoms with van der Waals surface area (Å²) >= 11 is 0. The van der Waals surface area contributed by atoms with Crippen molar-refractivity contribution in [2.45, 2.75) is 37.8 Å². The topological polar surface area (TPSA) is 110 Å². The molecule has 0 spiro atoms. The van der Waals surface area contributed by atoms with Crippen LogP contribution in [0.2, 0.25) is 0 Å². The van der Waals surface area contributed by atoms with Gasteiger partial charge in [0.2, 0.25) is 5.95 Å². The van der Waals surface area contributed by atoms with E-state index in [4.69, 9.17) is 0 Å². The summed E-state index contributed by atoms with van der Waals surface area (Å²) in [4.78, 5) is 7.37. The molecule has 8 heteroatoms. The van der Waals surface area contributed by atoms with Gasteiger partial charge in [-0.05, 0) is 56.0 Å². The van der Waals surface area contributed by atoms with Gasteiger partial charge in [0.15, 0.2) is 11.5 Å². The Morgan fingerprint density at radius 1 is 1.11 bits per heavy atom. The average Bonchev–Trinajstić information content (AvgIpc) is 3.27. The summed E-state index contributed by atoms with van der Waals surface area (Å²) in [5.41, 5.74) is 1.60. The van der Waals surface area contributed by atoms with Crippen LogP contribution in [0, 0.1) is 0 Å². The van der Waals surface area contributed by atoms with E-state index in [2.05, 4.69) is 25.7 Å². The quantitative estimate of drug-likeness (QED) is 0.372. The lowest BCUT2D eigenvalue weighted by atomic mass is 9.93.